The Morgan fingerprint density at radius 2 is 2.14 bits per heavy atom. The Kier molecular flexibility index (Phi) is 6.75. The summed E-state index contributed by atoms with van der Waals surface area (Å²) in [6, 6.07) is 5.99. The van der Waals surface area contributed by atoms with Gasteiger partial charge in [-0.25, -0.2) is 0 Å². The largest absolute Gasteiger partial charge is 0.469 e. The zero-order valence-electron chi connectivity index (χ0n) is 12.5. The number of esters is 1. The maximum atomic E-state index is 12.0. The normalized spacial score (nSPS) is 10.5. The van der Waals surface area contributed by atoms with Gasteiger partial charge in [-0.2, -0.15) is 0 Å². The van der Waals surface area contributed by atoms with E-state index in [2.05, 4.69) is 4.74 Å². The third-order valence-electron chi connectivity index (χ3n) is 3.01. The number of rotatable bonds is 7. The predicted molar refractivity (Wildman–Crippen MR) is 81.0 cm³/mol. The second-order valence-electron chi connectivity index (χ2n) is 4.43. The number of methoxy groups -OCH3 is 1. The lowest BCUT2D eigenvalue weighted by atomic mass is 10.2. The van der Waals surface area contributed by atoms with Crippen molar-refractivity contribution in [3.05, 3.63) is 46.0 Å². The molecule has 0 aliphatic rings. The molecule has 0 aliphatic heterocycles. The molecule has 7 heteroatoms. The van der Waals surface area contributed by atoms with Crippen molar-refractivity contribution in [1.29, 1.82) is 0 Å². The Hall–Kier alpha value is -2.70. The number of non-ortho nitro benzene ring substituents is 1. The second-order valence-corrected chi connectivity index (χ2v) is 4.43. The Balaban J connectivity index is 2.70. The predicted octanol–water partition coefficient (Wildman–Crippen LogP) is 2.02. The maximum Gasteiger partial charge on any atom is 0.307 e. The van der Waals surface area contributed by atoms with E-state index in [9.17, 15) is 19.7 Å². The molecule has 0 saturated carbocycles. The van der Waals surface area contributed by atoms with E-state index in [1.807, 2.05) is 0 Å². The summed E-state index contributed by atoms with van der Waals surface area (Å²) in [5.74, 6) is -0.646. The third-order valence-corrected chi connectivity index (χ3v) is 3.01. The van der Waals surface area contributed by atoms with Crippen molar-refractivity contribution in [3.8, 4) is 0 Å². The van der Waals surface area contributed by atoms with Crippen LogP contribution in [-0.2, 0) is 14.3 Å². The third kappa shape index (κ3) is 5.35. The van der Waals surface area contributed by atoms with Crippen LogP contribution >= 0.6 is 0 Å². The van der Waals surface area contributed by atoms with E-state index in [0.29, 0.717) is 12.1 Å². The highest BCUT2D eigenvalue weighted by Gasteiger charge is 2.11. The molecule has 0 atom stereocenters. The molecule has 22 heavy (non-hydrogen) atoms. The van der Waals surface area contributed by atoms with Gasteiger partial charge in [-0.15, -0.1) is 0 Å². The Bertz CT molecular complexity index is 583. The molecule has 1 rings (SSSR count). The average molecular weight is 306 g/mol. The van der Waals surface area contributed by atoms with Crippen molar-refractivity contribution in [3.63, 3.8) is 0 Å². The number of carbonyl (C=O) groups excluding carboxylic acids is 2. The molecule has 0 heterocycles. The van der Waals surface area contributed by atoms with Crippen LogP contribution in [0.1, 0.15) is 18.9 Å². The second kappa shape index (κ2) is 8.56. The lowest BCUT2D eigenvalue weighted by molar-refractivity contribution is -0.384. The molecule has 7 nitrogen and oxygen atoms in total. The van der Waals surface area contributed by atoms with E-state index in [1.54, 1.807) is 19.1 Å². The zero-order valence-corrected chi connectivity index (χ0v) is 12.5. The van der Waals surface area contributed by atoms with Crippen molar-refractivity contribution in [1.82, 2.24) is 4.90 Å². The summed E-state index contributed by atoms with van der Waals surface area (Å²) in [6.45, 7) is 2.52. The van der Waals surface area contributed by atoms with Crippen LogP contribution < -0.4 is 0 Å². The molecule has 1 amide bonds. The van der Waals surface area contributed by atoms with Gasteiger partial charge in [0.1, 0.15) is 0 Å². The minimum absolute atomic E-state index is 0.0346. The quantitative estimate of drug-likeness (QED) is 0.333. The van der Waals surface area contributed by atoms with Gasteiger partial charge in [0.05, 0.1) is 18.5 Å². The minimum Gasteiger partial charge on any atom is -0.469 e. The molecule has 0 bridgehead atoms. The SMILES string of the molecule is CCN(CCC(=O)OC)C(=O)/C=C/c1cccc([N+](=O)[O-])c1. The van der Waals surface area contributed by atoms with Crippen LogP contribution in [0, 0.1) is 10.1 Å². The number of carbonyl (C=O) groups is 2. The van der Waals surface area contributed by atoms with E-state index in [4.69, 9.17) is 0 Å². The number of hydrogen-bond donors (Lipinski definition) is 0. The molecule has 0 spiro atoms. The van der Waals surface area contributed by atoms with Crippen LogP contribution in [0.15, 0.2) is 30.3 Å². The van der Waals surface area contributed by atoms with Gasteiger partial charge < -0.3 is 9.64 Å². The summed E-state index contributed by atoms with van der Waals surface area (Å²) in [4.78, 5) is 34.8. The van der Waals surface area contributed by atoms with E-state index < -0.39 is 4.92 Å². The van der Waals surface area contributed by atoms with Gasteiger partial charge >= 0.3 is 5.97 Å². The number of hydrogen-bond acceptors (Lipinski definition) is 5. The summed E-state index contributed by atoms with van der Waals surface area (Å²) in [5.41, 5.74) is 0.527. The number of likely N-dealkylation sites (N-methyl/N-ethyl adjacent to an activating group) is 1. The number of amides is 1. The van der Waals surface area contributed by atoms with Crippen LogP contribution in [0.5, 0.6) is 0 Å². The van der Waals surface area contributed by atoms with Crippen LogP contribution in [0.2, 0.25) is 0 Å². The molecule has 1 aromatic carbocycles. The van der Waals surface area contributed by atoms with E-state index in [0.717, 1.165) is 0 Å². The average Bonchev–Trinajstić information content (AvgIpc) is 2.53. The summed E-state index contributed by atoms with van der Waals surface area (Å²) in [5, 5.41) is 10.7. The number of nitro groups is 1. The molecular formula is C15H18N2O5. The first-order valence-corrected chi connectivity index (χ1v) is 6.76. The Morgan fingerprint density at radius 3 is 2.73 bits per heavy atom. The van der Waals surface area contributed by atoms with Crippen molar-refractivity contribution in [2.75, 3.05) is 20.2 Å². The Morgan fingerprint density at radius 1 is 1.41 bits per heavy atom. The molecule has 0 radical (unpaired) electrons. The van der Waals surface area contributed by atoms with Gasteiger partial charge in [0.15, 0.2) is 0 Å². The van der Waals surface area contributed by atoms with Gasteiger partial charge in [0, 0.05) is 31.3 Å². The van der Waals surface area contributed by atoms with Crippen molar-refractivity contribution >= 4 is 23.6 Å². The lowest BCUT2D eigenvalue weighted by Crippen LogP contribution is -2.31. The van der Waals surface area contributed by atoms with Crippen LogP contribution in [0.25, 0.3) is 6.08 Å². The fraction of sp³-hybridized carbons (Fsp3) is 0.333. The van der Waals surface area contributed by atoms with Crippen molar-refractivity contribution in [2.45, 2.75) is 13.3 Å². The van der Waals surface area contributed by atoms with Crippen LogP contribution in [-0.4, -0.2) is 41.9 Å². The minimum atomic E-state index is -0.492. The van der Waals surface area contributed by atoms with E-state index in [1.165, 1.54) is 36.3 Å². The zero-order chi connectivity index (χ0) is 16.5. The van der Waals surface area contributed by atoms with Crippen LogP contribution in [0.4, 0.5) is 5.69 Å². The molecule has 0 unspecified atom stereocenters. The highest BCUT2D eigenvalue weighted by molar-refractivity contribution is 5.92. The number of ether oxygens (including phenoxy) is 1. The summed E-state index contributed by atoms with van der Waals surface area (Å²) in [6.07, 6.45) is 2.97. The van der Waals surface area contributed by atoms with E-state index in [-0.39, 0.29) is 30.5 Å². The summed E-state index contributed by atoms with van der Waals surface area (Å²) < 4.78 is 4.53. The fourth-order valence-electron chi connectivity index (χ4n) is 1.77. The van der Waals surface area contributed by atoms with Crippen molar-refractivity contribution in [2.24, 2.45) is 0 Å². The molecule has 0 aliphatic carbocycles. The van der Waals surface area contributed by atoms with Crippen molar-refractivity contribution < 1.29 is 19.2 Å². The molecule has 0 aromatic heterocycles. The number of nitro benzene ring substituents is 1. The number of benzene rings is 1. The summed E-state index contributed by atoms with van der Waals surface area (Å²) >= 11 is 0. The van der Waals surface area contributed by atoms with E-state index >= 15 is 0 Å². The summed E-state index contributed by atoms with van der Waals surface area (Å²) in [7, 11) is 1.29. The first kappa shape index (κ1) is 17.4. The van der Waals surface area contributed by atoms with Gasteiger partial charge in [-0.3, -0.25) is 19.7 Å². The molecule has 0 saturated heterocycles. The van der Waals surface area contributed by atoms with Gasteiger partial charge in [0.25, 0.3) is 5.69 Å². The standard InChI is InChI=1S/C15H18N2O5/c1-3-16(10-9-15(19)22-2)14(18)8-7-12-5-4-6-13(11-12)17(20)21/h4-8,11H,3,9-10H2,1-2H3/b8-7+. The number of nitrogens with zero attached hydrogens (tertiary/aromatic N) is 2. The highest BCUT2D eigenvalue weighted by Crippen LogP contribution is 2.14. The fourth-order valence-corrected chi connectivity index (χ4v) is 1.77. The first-order valence-electron chi connectivity index (χ1n) is 6.76. The molecule has 0 fully saturated rings. The smallest absolute Gasteiger partial charge is 0.307 e. The monoisotopic (exact) mass is 306 g/mol. The molecule has 1 aromatic rings. The van der Waals surface area contributed by atoms with Crippen LogP contribution in [0.3, 0.4) is 0 Å². The highest BCUT2D eigenvalue weighted by atomic mass is 16.6. The molecule has 0 N–H and O–H groups in total. The topological polar surface area (TPSA) is 89.8 Å². The van der Waals surface area contributed by atoms with Gasteiger partial charge in [-0.1, -0.05) is 12.1 Å². The Labute approximate surface area is 128 Å². The molecule has 118 valence electrons. The molecular weight excluding hydrogens is 288 g/mol. The first-order chi connectivity index (χ1) is 10.5. The van der Waals surface area contributed by atoms with Gasteiger partial charge in [-0.05, 0) is 18.6 Å². The van der Waals surface area contributed by atoms with Gasteiger partial charge in [0.2, 0.25) is 5.91 Å². The maximum absolute atomic E-state index is 12.0. The lowest BCUT2D eigenvalue weighted by Gasteiger charge is -2.18.